The highest BCUT2D eigenvalue weighted by molar-refractivity contribution is 5.90. The monoisotopic (exact) mass is 241 g/mol. The molecule has 7 heteroatoms. The summed E-state index contributed by atoms with van der Waals surface area (Å²) in [6, 6.07) is 3.63. The Hall–Kier alpha value is -2.15. The van der Waals surface area contributed by atoms with Crippen molar-refractivity contribution in [3.8, 4) is 5.75 Å². The lowest BCUT2D eigenvalue weighted by Crippen LogP contribution is -2.06. The van der Waals surface area contributed by atoms with Crippen LogP contribution in [0.1, 0.15) is 10.4 Å². The lowest BCUT2D eigenvalue weighted by atomic mass is 10.2. The quantitative estimate of drug-likeness (QED) is 0.464. The van der Waals surface area contributed by atoms with Crippen LogP contribution >= 0.6 is 0 Å². The summed E-state index contributed by atoms with van der Waals surface area (Å²) in [6.07, 6.45) is 0. The van der Waals surface area contributed by atoms with Crippen LogP contribution in [0.5, 0.6) is 5.75 Å². The maximum Gasteiger partial charge on any atom is 0.337 e. The van der Waals surface area contributed by atoms with Crippen LogP contribution in [0.25, 0.3) is 0 Å². The summed E-state index contributed by atoms with van der Waals surface area (Å²) >= 11 is 0. The first-order valence-electron chi connectivity index (χ1n) is 4.70. The number of esters is 1. The predicted octanol–water partition coefficient (Wildman–Crippen LogP) is 0.752. The van der Waals surface area contributed by atoms with Gasteiger partial charge in [0.15, 0.2) is 5.75 Å². The number of hydrogen-bond donors (Lipinski definition) is 1. The third kappa shape index (κ3) is 3.15. The van der Waals surface area contributed by atoms with Gasteiger partial charge in [0.05, 0.1) is 24.2 Å². The van der Waals surface area contributed by atoms with Crippen molar-refractivity contribution < 1.29 is 24.3 Å². The van der Waals surface area contributed by atoms with Gasteiger partial charge in [-0.25, -0.2) is 4.79 Å². The molecule has 0 saturated carbocycles. The maximum absolute atomic E-state index is 11.2. The highest BCUT2D eigenvalue weighted by Crippen LogP contribution is 2.28. The van der Waals surface area contributed by atoms with Crippen LogP contribution in [0.4, 0.5) is 5.69 Å². The Bertz CT molecular complexity index is 431. The number of ether oxygens (including phenoxy) is 2. The molecule has 0 unspecified atom stereocenters. The summed E-state index contributed by atoms with van der Waals surface area (Å²) in [7, 11) is 1.21. The number of aliphatic hydroxyl groups is 1. The van der Waals surface area contributed by atoms with Crippen molar-refractivity contribution in [2.24, 2.45) is 0 Å². The minimum absolute atomic E-state index is 0.0769. The predicted molar refractivity (Wildman–Crippen MR) is 57.0 cm³/mol. The summed E-state index contributed by atoms with van der Waals surface area (Å²) in [5, 5.41) is 19.3. The topological polar surface area (TPSA) is 98.9 Å². The fourth-order valence-electron chi connectivity index (χ4n) is 1.18. The molecule has 1 aromatic rings. The van der Waals surface area contributed by atoms with Crippen molar-refractivity contribution in [2.75, 3.05) is 20.3 Å². The van der Waals surface area contributed by atoms with Gasteiger partial charge in [0.2, 0.25) is 0 Å². The largest absolute Gasteiger partial charge is 0.484 e. The van der Waals surface area contributed by atoms with Crippen LogP contribution in [0.3, 0.4) is 0 Å². The molecule has 7 nitrogen and oxygen atoms in total. The standard InChI is InChI=1S/C10H11NO6/c1-16-10(13)7-2-3-8(11(14)15)9(6-7)17-5-4-12/h2-3,6,12H,4-5H2,1H3. The van der Waals surface area contributed by atoms with Crippen LogP contribution in [-0.2, 0) is 4.74 Å². The van der Waals surface area contributed by atoms with Crippen LogP contribution in [0.15, 0.2) is 18.2 Å². The van der Waals surface area contributed by atoms with E-state index >= 15 is 0 Å². The molecule has 0 aliphatic heterocycles. The van der Waals surface area contributed by atoms with E-state index in [1.165, 1.54) is 19.2 Å². The van der Waals surface area contributed by atoms with E-state index in [0.717, 1.165) is 6.07 Å². The zero-order chi connectivity index (χ0) is 12.8. The van der Waals surface area contributed by atoms with Gasteiger partial charge in [-0.2, -0.15) is 0 Å². The molecule has 0 atom stereocenters. The van der Waals surface area contributed by atoms with Crippen LogP contribution in [0, 0.1) is 10.1 Å². The minimum atomic E-state index is -0.631. The van der Waals surface area contributed by atoms with Gasteiger partial charge in [-0.3, -0.25) is 10.1 Å². The molecule has 1 aromatic carbocycles. The number of aliphatic hydroxyl groups excluding tert-OH is 1. The fourth-order valence-corrected chi connectivity index (χ4v) is 1.18. The molecule has 0 aliphatic rings. The van der Waals surface area contributed by atoms with Crippen molar-refractivity contribution in [2.45, 2.75) is 0 Å². The van der Waals surface area contributed by atoms with Gasteiger partial charge < -0.3 is 14.6 Å². The Labute approximate surface area is 96.7 Å². The highest BCUT2D eigenvalue weighted by Gasteiger charge is 2.18. The van der Waals surface area contributed by atoms with E-state index < -0.39 is 10.9 Å². The summed E-state index contributed by atoms with van der Waals surface area (Å²) in [5.74, 6) is -0.694. The van der Waals surface area contributed by atoms with E-state index in [9.17, 15) is 14.9 Å². The van der Waals surface area contributed by atoms with Gasteiger partial charge in [-0.05, 0) is 6.07 Å². The second-order valence-electron chi connectivity index (χ2n) is 3.00. The number of carbonyl (C=O) groups is 1. The average Bonchev–Trinajstić information content (AvgIpc) is 2.34. The molecule has 0 bridgehead atoms. The lowest BCUT2D eigenvalue weighted by Gasteiger charge is -2.06. The first kappa shape index (κ1) is 12.9. The summed E-state index contributed by atoms with van der Waals surface area (Å²) in [4.78, 5) is 21.3. The Morgan fingerprint density at radius 2 is 2.24 bits per heavy atom. The number of nitro benzene ring substituents is 1. The minimum Gasteiger partial charge on any atom is -0.484 e. The van der Waals surface area contributed by atoms with Crippen molar-refractivity contribution in [3.05, 3.63) is 33.9 Å². The SMILES string of the molecule is COC(=O)c1ccc([N+](=O)[O-])c(OCCO)c1. The normalized spacial score (nSPS) is 9.76. The van der Waals surface area contributed by atoms with Gasteiger partial charge in [0.25, 0.3) is 0 Å². The van der Waals surface area contributed by atoms with Crippen molar-refractivity contribution in [3.63, 3.8) is 0 Å². The summed E-state index contributed by atoms with van der Waals surface area (Å²) in [6.45, 7) is -0.370. The molecule has 0 saturated heterocycles. The molecular weight excluding hydrogens is 230 g/mol. The first-order chi connectivity index (χ1) is 8.10. The van der Waals surface area contributed by atoms with E-state index in [-0.39, 0.29) is 30.2 Å². The number of rotatable bonds is 5. The molecule has 17 heavy (non-hydrogen) atoms. The lowest BCUT2D eigenvalue weighted by molar-refractivity contribution is -0.385. The van der Waals surface area contributed by atoms with E-state index in [1.807, 2.05) is 0 Å². The van der Waals surface area contributed by atoms with Crippen LogP contribution in [-0.4, -0.2) is 36.3 Å². The third-order valence-corrected chi connectivity index (χ3v) is 1.93. The van der Waals surface area contributed by atoms with Gasteiger partial charge >= 0.3 is 11.7 Å². The Kier molecular flexibility index (Phi) is 4.41. The second kappa shape index (κ2) is 5.80. The maximum atomic E-state index is 11.2. The number of nitro groups is 1. The third-order valence-electron chi connectivity index (χ3n) is 1.93. The van der Waals surface area contributed by atoms with Crippen molar-refractivity contribution in [1.82, 2.24) is 0 Å². The molecule has 0 heterocycles. The number of methoxy groups -OCH3 is 1. The molecule has 0 spiro atoms. The van der Waals surface area contributed by atoms with Gasteiger partial charge in [-0.15, -0.1) is 0 Å². The molecule has 0 aliphatic carbocycles. The van der Waals surface area contributed by atoms with E-state index in [4.69, 9.17) is 9.84 Å². The Morgan fingerprint density at radius 1 is 1.53 bits per heavy atom. The first-order valence-corrected chi connectivity index (χ1v) is 4.70. The average molecular weight is 241 g/mol. The number of carbonyl (C=O) groups excluding carboxylic acids is 1. The van der Waals surface area contributed by atoms with Crippen molar-refractivity contribution in [1.29, 1.82) is 0 Å². The molecule has 0 aromatic heterocycles. The van der Waals surface area contributed by atoms with Gasteiger partial charge in [0.1, 0.15) is 6.61 Å². The van der Waals surface area contributed by atoms with Crippen LogP contribution < -0.4 is 4.74 Å². The summed E-state index contributed by atoms with van der Waals surface area (Å²) < 4.78 is 9.47. The fraction of sp³-hybridized carbons (Fsp3) is 0.300. The molecule has 1 N–H and O–H groups in total. The molecule has 1 rings (SSSR count). The molecule has 0 radical (unpaired) electrons. The van der Waals surface area contributed by atoms with Crippen molar-refractivity contribution >= 4 is 11.7 Å². The zero-order valence-electron chi connectivity index (χ0n) is 9.08. The highest BCUT2D eigenvalue weighted by atomic mass is 16.6. The van der Waals surface area contributed by atoms with E-state index in [2.05, 4.69) is 4.74 Å². The smallest absolute Gasteiger partial charge is 0.337 e. The second-order valence-corrected chi connectivity index (χ2v) is 3.00. The number of benzene rings is 1. The zero-order valence-corrected chi connectivity index (χ0v) is 9.08. The molecule has 92 valence electrons. The molecule has 0 amide bonds. The number of nitrogens with zero attached hydrogens (tertiary/aromatic N) is 1. The Balaban J connectivity index is 3.09. The van der Waals surface area contributed by atoms with E-state index in [1.54, 1.807) is 0 Å². The van der Waals surface area contributed by atoms with Gasteiger partial charge in [0, 0.05) is 12.1 Å². The molecular formula is C10H11NO6. The molecule has 0 fully saturated rings. The summed E-state index contributed by atoms with van der Waals surface area (Å²) in [5.41, 5.74) is -0.128. The van der Waals surface area contributed by atoms with Crippen LogP contribution in [0.2, 0.25) is 0 Å². The Morgan fingerprint density at radius 3 is 2.76 bits per heavy atom. The van der Waals surface area contributed by atoms with E-state index in [0.29, 0.717) is 0 Å². The van der Waals surface area contributed by atoms with Gasteiger partial charge in [-0.1, -0.05) is 0 Å². The number of hydrogen-bond acceptors (Lipinski definition) is 6.